The first-order valence-electron chi connectivity index (χ1n) is 17.9. The predicted octanol–water partition coefficient (Wildman–Crippen LogP) is 13.6. The molecule has 0 N–H and O–H groups in total. The third-order valence-electron chi connectivity index (χ3n) is 11.8. The van der Waals surface area contributed by atoms with Crippen LogP contribution in [0.2, 0.25) is 0 Å². The topological polar surface area (TPSA) is 0 Å². The average Bonchev–Trinajstić information content (AvgIpc) is 3.54. The van der Waals surface area contributed by atoms with Crippen LogP contribution in [0.3, 0.4) is 0 Å². The molecule has 0 spiro atoms. The fraction of sp³-hybridized carbons (Fsp3) is 0.120. The number of rotatable bonds is 3. The molecule has 2 aliphatic rings. The van der Waals surface area contributed by atoms with Gasteiger partial charge >= 0.3 is 0 Å². The third kappa shape index (κ3) is 3.88. The Morgan fingerprint density at radius 1 is 0.300 bits per heavy atom. The Morgan fingerprint density at radius 2 is 0.740 bits per heavy atom. The van der Waals surface area contributed by atoms with Crippen molar-refractivity contribution in [1.29, 1.82) is 0 Å². The van der Waals surface area contributed by atoms with E-state index in [9.17, 15) is 0 Å². The Morgan fingerprint density at radius 3 is 1.34 bits per heavy atom. The first kappa shape index (κ1) is 29.2. The van der Waals surface area contributed by atoms with E-state index in [4.69, 9.17) is 0 Å². The zero-order valence-corrected chi connectivity index (χ0v) is 29.0. The quantitative estimate of drug-likeness (QED) is 0.169. The predicted molar refractivity (Wildman–Crippen MR) is 213 cm³/mol. The Labute approximate surface area is 294 Å². The van der Waals surface area contributed by atoms with Crippen LogP contribution in [-0.2, 0) is 10.8 Å². The number of benzene rings is 8. The van der Waals surface area contributed by atoms with Gasteiger partial charge in [0.25, 0.3) is 0 Å². The molecule has 0 aliphatic heterocycles. The lowest BCUT2D eigenvalue weighted by molar-refractivity contribution is 0.648. The van der Waals surface area contributed by atoms with Gasteiger partial charge < -0.3 is 0 Å². The molecule has 0 amide bonds. The maximum absolute atomic E-state index is 2.58. The standard InChI is InChI=1S/C50H38/c1-49(2)41-24-14-13-23-39(41)47-43(49)30-40(46-38-22-12-15-25-42(38)50(3,4)48(46)47)45-36-20-10-8-18-34(36)44(35-19-9-11-21-37(35)45)33-28-26-32(27-29-33)31-16-6-5-7-17-31/h5-30H,1-4H3. The van der Waals surface area contributed by atoms with Crippen LogP contribution < -0.4 is 0 Å². The van der Waals surface area contributed by atoms with Crippen molar-refractivity contribution in [1.82, 2.24) is 0 Å². The summed E-state index contributed by atoms with van der Waals surface area (Å²) in [5.74, 6) is 0. The van der Waals surface area contributed by atoms with Gasteiger partial charge in [-0.05, 0) is 105 Å². The second kappa shape index (κ2) is 10.4. The molecule has 0 unspecified atom stereocenters. The van der Waals surface area contributed by atoms with Gasteiger partial charge in [0, 0.05) is 10.8 Å². The van der Waals surface area contributed by atoms with Crippen molar-refractivity contribution in [2.45, 2.75) is 38.5 Å². The Balaban J connectivity index is 1.33. The summed E-state index contributed by atoms with van der Waals surface area (Å²) in [4.78, 5) is 0. The van der Waals surface area contributed by atoms with Gasteiger partial charge in [-0.1, -0.05) is 179 Å². The molecule has 0 fully saturated rings. The molecule has 0 nitrogen and oxygen atoms in total. The maximum Gasteiger partial charge on any atom is 0.0165 e. The van der Waals surface area contributed by atoms with E-state index in [1.165, 1.54) is 99.4 Å². The summed E-state index contributed by atoms with van der Waals surface area (Å²) in [6.07, 6.45) is 0. The first-order chi connectivity index (χ1) is 24.4. The van der Waals surface area contributed by atoms with E-state index >= 15 is 0 Å². The molecule has 0 bridgehead atoms. The maximum atomic E-state index is 2.58. The van der Waals surface area contributed by atoms with Crippen LogP contribution in [-0.4, -0.2) is 0 Å². The molecule has 2 aliphatic carbocycles. The lowest BCUT2D eigenvalue weighted by atomic mass is 9.74. The molecule has 50 heavy (non-hydrogen) atoms. The molecule has 0 saturated heterocycles. The highest BCUT2D eigenvalue weighted by Crippen LogP contribution is 2.62. The van der Waals surface area contributed by atoms with Gasteiger partial charge in [0.1, 0.15) is 0 Å². The molecule has 238 valence electrons. The lowest BCUT2D eigenvalue weighted by Crippen LogP contribution is -2.18. The second-order valence-electron chi connectivity index (χ2n) is 15.2. The summed E-state index contributed by atoms with van der Waals surface area (Å²) >= 11 is 0. The fourth-order valence-electron chi connectivity index (χ4n) is 9.52. The van der Waals surface area contributed by atoms with Crippen molar-refractivity contribution in [3.8, 4) is 55.6 Å². The van der Waals surface area contributed by atoms with E-state index in [0.717, 1.165) is 0 Å². The van der Waals surface area contributed by atoms with Crippen LogP contribution in [0.4, 0.5) is 0 Å². The molecular weight excluding hydrogens is 601 g/mol. The molecule has 10 rings (SSSR count). The molecule has 0 heterocycles. The Bertz CT molecular complexity index is 2610. The molecule has 8 aromatic rings. The molecular formula is C50H38. The second-order valence-corrected chi connectivity index (χ2v) is 15.2. The molecule has 8 aromatic carbocycles. The van der Waals surface area contributed by atoms with Gasteiger partial charge in [0.2, 0.25) is 0 Å². The van der Waals surface area contributed by atoms with E-state index in [2.05, 4.69) is 185 Å². The number of hydrogen-bond acceptors (Lipinski definition) is 0. The highest BCUT2D eigenvalue weighted by atomic mass is 14.5. The van der Waals surface area contributed by atoms with Crippen molar-refractivity contribution >= 4 is 21.5 Å². The lowest BCUT2D eigenvalue weighted by Gasteiger charge is -2.28. The van der Waals surface area contributed by atoms with E-state index in [-0.39, 0.29) is 10.8 Å². The number of fused-ring (bicyclic) bond motifs is 9. The highest BCUT2D eigenvalue weighted by molar-refractivity contribution is 6.23. The molecule has 0 radical (unpaired) electrons. The van der Waals surface area contributed by atoms with Crippen molar-refractivity contribution < 1.29 is 0 Å². The van der Waals surface area contributed by atoms with E-state index in [0.29, 0.717) is 0 Å². The van der Waals surface area contributed by atoms with Crippen molar-refractivity contribution in [2.75, 3.05) is 0 Å². The minimum atomic E-state index is -0.147. The van der Waals surface area contributed by atoms with Gasteiger partial charge in [-0.15, -0.1) is 0 Å². The van der Waals surface area contributed by atoms with Crippen molar-refractivity contribution in [3.05, 3.63) is 180 Å². The van der Waals surface area contributed by atoms with Gasteiger partial charge in [-0.3, -0.25) is 0 Å². The molecule has 0 heteroatoms. The van der Waals surface area contributed by atoms with E-state index in [1.807, 2.05) is 0 Å². The van der Waals surface area contributed by atoms with Gasteiger partial charge in [0.15, 0.2) is 0 Å². The average molecular weight is 639 g/mol. The summed E-state index contributed by atoms with van der Waals surface area (Å²) in [5.41, 5.74) is 18.7. The summed E-state index contributed by atoms with van der Waals surface area (Å²) < 4.78 is 0. The first-order valence-corrected chi connectivity index (χ1v) is 17.9. The fourth-order valence-corrected chi connectivity index (χ4v) is 9.52. The van der Waals surface area contributed by atoms with Gasteiger partial charge in [0.05, 0.1) is 0 Å². The molecule has 0 aromatic heterocycles. The smallest absolute Gasteiger partial charge is 0.0165 e. The zero-order valence-electron chi connectivity index (χ0n) is 29.0. The normalized spacial score (nSPS) is 14.7. The van der Waals surface area contributed by atoms with Crippen LogP contribution in [0, 0.1) is 0 Å². The molecule has 0 saturated carbocycles. The van der Waals surface area contributed by atoms with Crippen LogP contribution in [0.1, 0.15) is 49.9 Å². The SMILES string of the molecule is CC1(C)c2ccccc2-c2c1cc(-c1c3ccccc3c(-c3ccc(-c4ccccc4)cc3)c3ccccc13)c1c2C(C)(C)c2ccccc2-1. The summed E-state index contributed by atoms with van der Waals surface area (Å²) in [6.45, 7) is 9.71. The van der Waals surface area contributed by atoms with E-state index in [1.54, 1.807) is 0 Å². The van der Waals surface area contributed by atoms with Crippen molar-refractivity contribution in [2.24, 2.45) is 0 Å². The van der Waals surface area contributed by atoms with Crippen molar-refractivity contribution in [3.63, 3.8) is 0 Å². The monoisotopic (exact) mass is 638 g/mol. The summed E-state index contributed by atoms with van der Waals surface area (Å²) in [7, 11) is 0. The minimum Gasteiger partial charge on any atom is -0.0622 e. The Kier molecular flexibility index (Phi) is 6.07. The molecule has 0 atom stereocenters. The zero-order chi connectivity index (χ0) is 33.8. The van der Waals surface area contributed by atoms with Crippen LogP contribution >= 0.6 is 0 Å². The van der Waals surface area contributed by atoms with Crippen LogP contribution in [0.5, 0.6) is 0 Å². The van der Waals surface area contributed by atoms with Crippen LogP contribution in [0.25, 0.3) is 77.2 Å². The van der Waals surface area contributed by atoms with Gasteiger partial charge in [-0.25, -0.2) is 0 Å². The third-order valence-corrected chi connectivity index (χ3v) is 11.8. The van der Waals surface area contributed by atoms with E-state index < -0.39 is 0 Å². The van der Waals surface area contributed by atoms with Crippen LogP contribution in [0.15, 0.2) is 158 Å². The summed E-state index contributed by atoms with van der Waals surface area (Å²) in [5, 5.41) is 5.17. The minimum absolute atomic E-state index is 0.118. The Hall–Kier alpha value is -5.72. The summed E-state index contributed by atoms with van der Waals surface area (Å²) in [6, 6.07) is 58.9. The van der Waals surface area contributed by atoms with Gasteiger partial charge in [-0.2, -0.15) is 0 Å². The number of hydrogen-bond donors (Lipinski definition) is 0. The largest absolute Gasteiger partial charge is 0.0622 e. The highest BCUT2D eigenvalue weighted by Gasteiger charge is 2.46.